The van der Waals surface area contributed by atoms with Gasteiger partial charge in [-0.2, -0.15) is 0 Å². The molecule has 2 rings (SSSR count). The van der Waals surface area contributed by atoms with Crippen LogP contribution in [0.25, 0.3) is 0 Å². The average Bonchev–Trinajstić information content (AvgIpc) is 2.37. The Morgan fingerprint density at radius 2 is 2.05 bits per heavy atom. The number of guanidine groups is 1. The molecule has 1 aromatic rings. The van der Waals surface area contributed by atoms with Crippen LogP contribution >= 0.6 is 0 Å². The van der Waals surface area contributed by atoms with Gasteiger partial charge in [0.05, 0.1) is 17.8 Å². The third-order valence-corrected chi connectivity index (χ3v) is 4.41. The van der Waals surface area contributed by atoms with Gasteiger partial charge in [0.25, 0.3) is 10.0 Å². The van der Waals surface area contributed by atoms with Crippen molar-refractivity contribution < 1.29 is 13.5 Å². The summed E-state index contributed by atoms with van der Waals surface area (Å²) in [6.45, 7) is 5.22. The third kappa shape index (κ3) is 2.94. The summed E-state index contributed by atoms with van der Waals surface area (Å²) in [6, 6.07) is 5.26. The number of rotatable bonds is 3. The first-order chi connectivity index (χ1) is 9.27. The second kappa shape index (κ2) is 5.06. The number of hydrogen-bond donors (Lipinski definition) is 3. The molecule has 1 aliphatic rings. The highest BCUT2D eigenvalue weighted by Crippen LogP contribution is 2.26. The number of sulfonamides is 1. The number of aliphatic imine (C=N–C) groups is 1. The van der Waals surface area contributed by atoms with Crippen molar-refractivity contribution in [3.8, 4) is 0 Å². The summed E-state index contributed by atoms with van der Waals surface area (Å²) < 4.78 is 26.9. The van der Waals surface area contributed by atoms with Crippen LogP contribution in [0.2, 0.25) is 0 Å². The Hall–Kier alpha value is -1.60. The lowest BCUT2D eigenvalue weighted by atomic mass is 10.1. The molecule has 20 heavy (non-hydrogen) atoms. The van der Waals surface area contributed by atoms with E-state index in [1.54, 1.807) is 26.0 Å². The number of aliphatic hydroxyl groups excluding tert-OH is 1. The van der Waals surface area contributed by atoms with Crippen LogP contribution in [0.1, 0.15) is 26.3 Å². The first-order valence-electron chi connectivity index (χ1n) is 6.41. The van der Waals surface area contributed by atoms with Crippen molar-refractivity contribution in [2.24, 2.45) is 4.99 Å². The van der Waals surface area contributed by atoms with Crippen LogP contribution in [-0.2, 0) is 16.4 Å². The van der Waals surface area contributed by atoms with Crippen LogP contribution < -0.4 is 10.0 Å². The number of nitrogens with one attached hydrogen (secondary N) is 2. The van der Waals surface area contributed by atoms with Gasteiger partial charge >= 0.3 is 0 Å². The van der Waals surface area contributed by atoms with Crippen molar-refractivity contribution in [1.29, 1.82) is 0 Å². The second-order valence-electron chi connectivity index (χ2n) is 5.35. The van der Waals surface area contributed by atoms with Crippen LogP contribution in [0, 0.1) is 0 Å². The predicted molar refractivity (Wildman–Crippen MR) is 78.4 cm³/mol. The molecule has 6 nitrogen and oxygen atoms in total. The van der Waals surface area contributed by atoms with Crippen molar-refractivity contribution >= 4 is 21.7 Å². The summed E-state index contributed by atoms with van der Waals surface area (Å²) in [5.74, 6) is 0.126. The zero-order chi connectivity index (χ0) is 15.0. The normalized spacial score (nSPS) is 19.1. The minimum atomic E-state index is -3.63. The third-order valence-electron chi connectivity index (χ3n) is 3.03. The van der Waals surface area contributed by atoms with Crippen LogP contribution in [0.5, 0.6) is 0 Å². The topological polar surface area (TPSA) is 90.8 Å². The predicted octanol–water partition coefficient (Wildman–Crippen LogP) is 1.08. The standard InChI is InChI=1S/C13H19N3O3S/c1-4-9-5-6-10-11(7-9)20(18,19)16-12(14-10)15-13(2,3)8-17/h5-7,17H,4,8H2,1-3H3,(H2,14,15,16). The van der Waals surface area contributed by atoms with E-state index in [1.807, 2.05) is 13.0 Å². The van der Waals surface area contributed by atoms with E-state index in [-0.39, 0.29) is 17.5 Å². The van der Waals surface area contributed by atoms with Crippen LogP contribution in [0.15, 0.2) is 28.1 Å². The van der Waals surface area contributed by atoms with Gasteiger partial charge in [-0.1, -0.05) is 13.0 Å². The molecule has 0 radical (unpaired) electrons. The second-order valence-corrected chi connectivity index (χ2v) is 7.00. The number of aliphatic hydroxyl groups is 1. The van der Waals surface area contributed by atoms with E-state index in [0.717, 1.165) is 12.0 Å². The Morgan fingerprint density at radius 3 is 2.65 bits per heavy atom. The quantitative estimate of drug-likeness (QED) is 0.778. The molecule has 0 aromatic heterocycles. The molecule has 0 fully saturated rings. The van der Waals surface area contributed by atoms with Gasteiger partial charge in [-0.05, 0) is 38.0 Å². The Bertz CT molecular complexity index is 651. The molecule has 1 heterocycles. The van der Waals surface area contributed by atoms with Crippen molar-refractivity contribution in [3.05, 3.63) is 23.8 Å². The molecule has 0 bridgehead atoms. The van der Waals surface area contributed by atoms with Crippen molar-refractivity contribution in [2.75, 3.05) is 11.9 Å². The maximum absolute atomic E-state index is 12.2. The van der Waals surface area contributed by atoms with Gasteiger partial charge in [0.2, 0.25) is 5.96 Å². The molecule has 0 atom stereocenters. The zero-order valence-electron chi connectivity index (χ0n) is 11.8. The van der Waals surface area contributed by atoms with Gasteiger partial charge in [0.1, 0.15) is 4.90 Å². The maximum Gasteiger partial charge on any atom is 0.266 e. The largest absolute Gasteiger partial charge is 0.394 e. The van der Waals surface area contributed by atoms with Crippen molar-refractivity contribution in [3.63, 3.8) is 0 Å². The number of aryl methyl sites for hydroxylation is 1. The lowest BCUT2D eigenvalue weighted by molar-refractivity contribution is 0.222. The molecular weight excluding hydrogens is 278 g/mol. The first kappa shape index (κ1) is 14.8. The number of anilines is 1. The number of hydrogen-bond acceptors (Lipinski definition) is 4. The van der Waals surface area contributed by atoms with Crippen LogP contribution in [0.3, 0.4) is 0 Å². The van der Waals surface area contributed by atoms with Gasteiger partial charge in [-0.15, -0.1) is 0 Å². The Morgan fingerprint density at radius 1 is 1.35 bits per heavy atom. The minimum absolute atomic E-state index is 0.126. The molecule has 0 amide bonds. The maximum atomic E-state index is 12.2. The van der Waals surface area contributed by atoms with Gasteiger partial charge in [-0.25, -0.2) is 18.1 Å². The van der Waals surface area contributed by atoms with Gasteiger partial charge in [0, 0.05) is 0 Å². The van der Waals surface area contributed by atoms with Gasteiger partial charge in [-0.3, -0.25) is 0 Å². The van der Waals surface area contributed by atoms with E-state index in [9.17, 15) is 13.5 Å². The fraction of sp³-hybridized carbons (Fsp3) is 0.462. The molecule has 1 aliphatic heterocycles. The molecular formula is C13H19N3O3S. The summed E-state index contributed by atoms with van der Waals surface area (Å²) in [6.07, 6.45) is 0.765. The summed E-state index contributed by atoms with van der Waals surface area (Å²) in [4.78, 5) is 4.41. The molecule has 1 aromatic carbocycles. The van der Waals surface area contributed by atoms with E-state index >= 15 is 0 Å². The minimum Gasteiger partial charge on any atom is -0.394 e. The SMILES string of the molecule is CCc1ccc2c(c1)S(=O)(=O)NC(=NC(C)(C)CO)N2. The molecule has 0 saturated carbocycles. The highest BCUT2D eigenvalue weighted by Gasteiger charge is 2.28. The zero-order valence-corrected chi connectivity index (χ0v) is 12.6. The molecule has 0 spiro atoms. The summed E-state index contributed by atoms with van der Waals surface area (Å²) in [5, 5.41) is 12.1. The number of fused-ring (bicyclic) bond motifs is 1. The highest BCUT2D eigenvalue weighted by molar-refractivity contribution is 7.90. The summed E-state index contributed by atoms with van der Waals surface area (Å²) in [7, 11) is -3.63. The summed E-state index contributed by atoms with van der Waals surface area (Å²) in [5.41, 5.74) is 0.687. The molecule has 7 heteroatoms. The van der Waals surface area contributed by atoms with Gasteiger partial charge < -0.3 is 10.4 Å². The molecule has 0 unspecified atom stereocenters. The van der Waals surface area contributed by atoms with E-state index in [1.165, 1.54) is 0 Å². The molecule has 110 valence electrons. The monoisotopic (exact) mass is 297 g/mol. The fourth-order valence-corrected chi connectivity index (χ4v) is 3.01. The summed E-state index contributed by atoms with van der Waals surface area (Å²) >= 11 is 0. The Labute approximate surface area is 119 Å². The molecule has 0 saturated heterocycles. The van der Waals surface area contributed by atoms with E-state index in [2.05, 4.69) is 15.0 Å². The molecule has 0 aliphatic carbocycles. The Kier molecular flexibility index (Phi) is 3.75. The van der Waals surface area contributed by atoms with Gasteiger partial charge in [0.15, 0.2) is 0 Å². The fourth-order valence-electron chi connectivity index (χ4n) is 1.84. The first-order valence-corrected chi connectivity index (χ1v) is 7.89. The lowest BCUT2D eigenvalue weighted by Gasteiger charge is -2.25. The highest BCUT2D eigenvalue weighted by atomic mass is 32.2. The van der Waals surface area contributed by atoms with E-state index in [0.29, 0.717) is 5.69 Å². The van der Waals surface area contributed by atoms with Crippen molar-refractivity contribution in [2.45, 2.75) is 37.6 Å². The average molecular weight is 297 g/mol. The van der Waals surface area contributed by atoms with Crippen molar-refractivity contribution in [1.82, 2.24) is 4.72 Å². The molecule has 3 N–H and O–H groups in total. The number of nitrogens with zero attached hydrogens (tertiary/aromatic N) is 1. The lowest BCUT2D eigenvalue weighted by Crippen LogP contribution is -2.43. The smallest absolute Gasteiger partial charge is 0.266 e. The van der Waals surface area contributed by atoms with E-state index < -0.39 is 15.6 Å². The number of benzene rings is 1. The van der Waals surface area contributed by atoms with Crippen LogP contribution in [-0.4, -0.2) is 31.6 Å². The van der Waals surface area contributed by atoms with Crippen LogP contribution in [0.4, 0.5) is 5.69 Å². The van der Waals surface area contributed by atoms with E-state index in [4.69, 9.17) is 0 Å². The Balaban J connectivity index is 2.46.